The second-order valence-electron chi connectivity index (χ2n) is 6.84. The molecule has 2 rings (SSSR count). The van der Waals surface area contributed by atoms with Crippen LogP contribution in [0, 0.1) is 0 Å². The molecule has 1 atom stereocenters. The third-order valence-corrected chi connectivity index (χ3v) is 3.60. The summed E-state index contributed by atoms with van der Waals surface area (Å²) in [5.41, 5.74) is -0.272. The number of amides is 3. The summed E-state index contributed by atoms with van der Waals surface area (Å²) in [7, 11) is 0. The van der Waals surface area contributed by atoms with Gasteiger partial charge in [-0.25, -0.2) is 4.79 Å². The van der Waals surface area contributed by atoms with Crippen LogP contribution in [0.5, 0.6) is 0 Å². The van der Waals surface area contributed by atoms with Crippen molar-refractivity contribution in [3.05, 3.63) is 35.9 Å². The molecule has 3 amide bonds. The van der Waals surface area contributed by atoms with Crippen LogP contribution in [0.1, 0.15) is 44.0 Å². The predicted molar refractivity (Wildman–Crippen MR) is 89.9 cm³/mol. The molecule has 1 aromatic carbocycles. The van der Waals surface area contributed by atoms with Crippen molar-refractivity contribution in [3.8, 4) is 0 Å². The molecule has 0 spiro atoms. The highest BCUT2D eigenvalue weighted by molar-refractivity contribution is 6.07. The molecule has 0 bridgehead atoms. The van der Waals surface area contributed by atoms with E-state index in [9.17, 15) is 19.2 Å². The van der Waals surface area contributed by atoms with E-state index in [2.05, 4.69) is 5.32 Å². The van der Waals surface area contributed by atoms with Gasteiger partial charge in [-0.2, -0.15) is 0 Å². The number of benzene rings is 1. The molecule has 1 saturated heterocycles. The molecule has 7 heteroatoms. The zero-order chi connectivity index (χ0) is 18.6. The molecule has 0 aliphatic carbocycles. The Labute approximate surface area is 146 Å². The van der Waals surface area contributed by atoms with Gasteiger partial charge in [-0.05, 0) is 27.2 Å². The summed E-state index contributed by atoms with van der Waals surface area (Å²) in [5, 5.41) is 2.47. The van der Waals surface area contributed by atoms with Crippen molar-refractivity contribution in [2.75, 3.05) is 6.54 Å². The van der Waals surface area contributed by atoms with Crippen LogP contribution in [0.15, 0.2) is 30.3 Å². The highest BCUT2D eigenvalue weighted by Gasteiger charge is 2.37. The van der Waals surface area contributed by atoms with E-state index in [4.69, 9.17) is 4.74 Å². The second kappa shape index (κ2) is 7.46. The molecule has 0 aromatic heterocycles. The van der Waals surface area contributed by atoms with E-state index in [-0.39, 0.29) is 25.2 Å². The highest BCUT2D eigenvalue weighted by Crippen LogP contribution is 2.16. The number of nitrogens with zero attached hydrogens (tertiary/aromatic N) is 1. The van der Waals surface area contributed by atoms with Gasteiger partial charge >= 0.3 is 6.09 Å². The zero-order valence-electron chi connectivity index (χ0n) is 14.6. The van der Waals surface area contributed by atoms with Crippen LogP contribution in [0.25, 0.3) is 0 Å². The van der Waals surface area contributed by atoms with E-state index in [1.54, 1.807) is 51.1 Å². The summed E-state index contributed by atoms with van der Waals surface area (Å²) in [6, 6.07) is 7.56. The largest absolute Gasteiger partial charge is 0.444 e. The first-order valence-corrected chi connectivity index (χ1v) is 8.09. The average molecular weight is 346 g/mol. The standard InChI is InChI=1S/C18H22N2O5/c1-18(2,3)25-17(24)19-13-9-10-15(22)20(16(13)23)11-14(21)12-7-5-4-6-8-12/h4-8,13H,9-11H2,1-3H3,(H,19,24)/t13-/m0/s1. The molecule has 1 fully saturated rings. The molecule has 0 radical (unpaired) electrons. The Balaban J connectivity index is 2.03. The SMILES string of the molecule is CC(C)(C)OC(=O)N[C@H]1CCC(=O)N(CC(=O)c2ccccc2)C1=O. The smallest absolute Gasteiger partial charge is 0.408 e. The fourth-order valence-electron chi connectivity index (χ4n) is 2.45. The molecule has 0 unspecified atom stereocenters. The van der Waals surface area contributed by atoms with Gasteiger partial charge in [-0.15, -0.1) is 0 Å². The van der Waals surface area contributed by atoms with E-state index in [0.29, 0.717) is 5.56 Å². The van der Waals surface area contributed by atoms with Gasteiger partial charge in [-0.3, -0.25) is 19.3 Å². The van der Waals surface area contributed by atoms with Crippen LogP contribution in [0.3, 0.4) is 0 Å². The predicted octanol–water partition coefficient (Wildman–Crippen LogP) is 1.91. The number of carbonyl (C=O) groups excluding carboxylic acids is 4. The topological polar surface area (TPSA) is 92.8 Å². The summed E-state index contributed by atoms with van der Waals surface area (Å²) < 4.78 is 5.13. The van der Waals surface area contributed by atoms with Crippen molar-refractivity contribution in [1.82, 2.24) is 10.2 Å². The van der Waals surface area contributed by atoms with Crippen molar-refractivity contribution in [2.45, 2.75) is 45.3 Å². The number of nitrogens with one attached hydrogen (secondary N) is 1. The van der Waals surface area contributed by atoms with E-state index < -0.39 is 29.6 Å². The van der Waals surface area contributed by atoms with Crippen molar-refractivity contribution < 1.29 is 23.9 Å². The van der Waals surface area contributed by atoms with E-state index in [1.165, 1.54) is 0 Å². The molecular formula is C18H22N2O5. The molecule has 1 aromatic rings. The van der Waals surface area contributed by atoms with Gasteiger partial charge < -0.3 is 10.1 Å². The van der Waals surface area contributed by atoms with E-state index >= 15 is 0 Å². The number of ether oxygens (including phenoxy) is 1. The van der Waals surface area contributed by atoms with Crippen LogP contribution in [-0.2, 0) is 14.3 Å². The number of carbonyl (C=O) groups is 4. The van der Waals surface area contributed by atoms with Gasteiger partial charge in [0.05, 0.1) is 6.54 Å². The van der Waals surface area contributed by atoms with Gasteiger partial charge in [0.25, 0.3) is 5.91 Å². The molecule has 1 aliphatic rings. The summed E-state index contributed by atoms with van der Waals surface area (Å²) in [5.74, 6) is -1.34. The van der Waals surface area contributed by atoms with Crippen molar-refractivity contribution >= 4 is 23.7 Å². The first-order chi connectivity index (χ1) is 11.7. The van der Waals surface area contributed by atoms with Crippen LogP contribution in [0.2, 0.25) is 0 Å². The first kappa shape index (κ1) is 18.6. The van der Waals surface area contributed by atoms with Crippen LogP contribution < -0.4 is 5.32 Å². The summed E-state index contributed by atoms with van der Waals surface area (Å²) in [6.45, 7) is 4.80. The van der Waals surface area contributed by atoms with Crippen LogP contribution in [-0.4, -0.2) is 46.8 Å². The Morgan fingerprint density at radius 1 is 1.20 bits per heavy atom. The highest BCUT2D eigenvalue weighted by atomic mass is 16.6. The lowest BCUT2D eigenvalue weighted by molar-refractivity contribution is -0.149. The van der Waals surface area contributed by atoms with Crippen molar-refractivity contribution in [2.24, 2.45) is 0 Å². The fourth-order valence-corrected chi connectivity index (χ4v) is 2.45. The Bertz CT molecular complexity index is 678. The minimum atomic E-state index is -0.879. The summed E-state index contributed by atoms with van der Waals surface area (Å²) >= 11 is 0. The maximum atomic E-state index is 12.5. The number of rotatable bonds is 4. The van der Waals surface area contributed by atoms with Gasteiger partial charge in [-0.1, -0.05) is 30.3 Å². The van der Waals surface area contributed by atoms with Crippen molar-refractivity contribution in [3.63, 3.8) is 0 Å². The molecule has 134 valence electrons. The molecular weight excluding hydrogens is 324 g/mol. The lowest BCUT2D eigenvalue weighted by Gasteiger charge is -2.31. The van der Waals surface area contributed by atoms with Gasteiger partial charge in [0.15, 0.2) is 5.78 Å². The Morgan fingerprint density at radius 3 is 2.44 bits per heavy atom. The number of likely N-dealkylation sites (tertiary alicyclic amines) is 1. The van der Waals surface area contributed by atoms with Crippen LogP contribution >= 0.6 is 0 Å². The number of ketones is 1. The number of piperidine rings is 1. The molecule has 7 nitrogen and oxygen atoms in total. The van der Waals surface area contributed by atoms with Crippen LogP contribution in [0.4, 0.5) is 4.79 Å². The third-order valence-electron chi connectivity index (χ3n) is 3.60. The fraction of sp³-hybridized carbons (Fsp3) is 0.444. The molecule has 1 N–H and O–H groups in total. The molecule has 0 saturated carbocycles. The normalized spacial score (nSPS) is 18.0. The molecule has 1 heterocycles. The molecule has 25 heavy (non-hydrogen) atoms. The Morgan fingerprint density at radius 2 is 1.84 bits per heavy atom. The minimum Gasteiger partial charge on any atom is -0.444 e. The monoisotopic (exact) mass is 346 g/mol. The zero-order valence-corrected chi connectivity index (χ0v) is 14.6. The number of alkyl carbamates (subject to hydrolysis) is 1. The molecule has 1 aliphatic heterocycles. The van der Waals surface area contributed by atoms with Gasteiger partial charge in [0, 0.05) is 12.0 Å². The number of hydrogen-bond acceptors (Lipinski definition) is 5. The first-order valence-electron chi connectivity index (χ1n) is 8.09. The number of imide groups is 1. The quantitative estimate of drug-likeness (QED) is 0.664. The Kier molecular flexibility index (Phi) is 5.56. The maximum Gasteiger partial charge on any atom is 0.408 e. The summed E-state index contributed by atoms with van der Waals surface area (Å²) in [4.78, 5) is 49.5. The second-order valence-corrected chi connectivity index (χ2v) is 6.84. The lowest BCUT2D eigenvalue weighted by atomic mass is 10.0. The third kappa shape index (κ3) is 5.14. The van der Waals surface area contributed by atoms with E-state index in [1.807, 2.05) is 0 Å². The number of Topliss-reactive ketones (excluding diaryl/α,β-unsaturated/α-hetero) is 1. The Hall–Kier alpha value is -2.70. The summed E-state index contributed by atoms with van der Waals surface area (Å²) in [6.07, 6.45) is -0.462. The van der Waals surface area contributed by atoms with Gasteiger partial charge in [0.2, 0.25) is 5.91 Å². The van der Waals surface area contributed by atoms with Crippen molar-refractivity contribution in [1.29, 1.82) is 0 Å². The minimum absolute atomic E-state index is 0.0777. The average Bonchev–Trinajstić information content (AvgIpc) is 2.53. The van der Waals surface area contributed by atoms with E-state index in [0.717, 1.165) is 4.90 Å². The maximum absolute atomic E-state index is 12.5. The lowest BCUT2D eigenvalue weighted by Crippen LogP contribution is -2.56. The number of hydrogen-bond donors (Lipinski definition) is 1. The van der Waals surface area contributed by atoms with Gasteiger partial charge in [0.1, 0.15) is 11.6 Å².